The fourth-order valence-electron chi connectivity index (χ4n) is 2.68. The van der Waals surface area contributed by atoms with Crippen molar-refractivity contribution in [3.63, 3.8) is 0 Å². The molecule has 0 radical (unpaired) electrons. The Kier molecular flexibility index (Phi) is 3.97. The second-order valence-electron chi connectivity index (χ2n) is 5.42. The van der Waals surface area contributed by atoms with E-state index in [1.165, 1.54) is 12.3 Å². The fraction of sp³-hybridized carbons (Fsp3) is 0.0556. The minimum Gasteiger partial charge on any atom is -0.488 e. The maximum absolute atomic E-state index is 12.5. The average Bonchev–Trinajstić information content (AvgIpc) is 2.62. The van der Waals surface area contributed by atoms with Crippen molar-refractivity contribution >= 4 is 26.0 Å². The monoisotopic (exact) mass is 417 g/mol. The van der Waals surface area contributed by atoms with Gasteiger partial charge in [0.15, 0.2) is 10.8 Å². The summed E-state index contributed by atoms with van der Waals surface area (Å²) in [5, 5.41) is -0.140. The van der Waals surface area contributed by atoms with E-state index in [2.05, 4.69) is 20.9 Å². The van der Waals surface area contributed by atoms with Gasteiger partial charge in [-0.15, -0.1) is 0 Å². The number of pyridine rings is 1. The maximum atomic E-state index is 12.5. The number of nitrogens with zero attached hydrogens (tertiary/aromatic N) is 1. The average molecular weight is 418 g/mol. The second-order valence-corrected chi connectivity index (χ2v) is 7.83. The molecule has 0 atom stereocenters. The first kappa shape index (κ1) is 16.1. The van der Waals surface area contributed by atoms with Crippen molar-refractivity contribution in [2.45, 2.75) is 11.6 Å². The molecule has 0 unspecified atom stereocenters. The molecule has 25 heavy (non-hydrogen) atoms. The van der Waals surface area contributed by atoms with Crippen molar-refractivity contribution in [2.24, 2.45) is 0 Å². The van der Waals surface area contributed by atoms with Crippen molar-refractivity contribution in [1.82, 2.24) is 4.98 Å². The van der Waals surface area contributed by atoms with Crippen LogP contribution in [0.3, 0.4) is 0 Å². The first-order valence-electron chi connectivity index (χ1n) is 7.45. The van der Waals surface area contributed by atoms with E-state index in [1.807, 2.05) is 18.2 Å². The summed E-state index contributed by atoms with van der Waals surface area (Å²) in [6, 6.07) is 15.5. The van der Waals surface area contributed by atoms with Crippen LogP contribution in [0.25, 0.3) is 11.1 Å². The van der Waals surface area contributed by atoms with Crippen molar-refractivity contribution in [2.75, 3.05) is 0 Å². The molecule has 0 aliphatic carbocycles. The molecule has 1 aliphatic rings. The molecule has 0 saturated heterocycles. The summed E-state index contributed by atoms with van der Waals surface area (Å²) in [7, 11) is -4.04. The minimum atomic E-state index is -4.04. The van der Waals surface area contributed by atoms with Gasteiger partial charge in [0, 0.05) is 10.7 Å². The normalized spacial score (nSPS) is 12.7. The van der Waals surface area contributed by atoms with Gasteiger partial charge >= 0.3 is 10.1 Å². The first-order chi connectivity index (χ1) is 12.0. The quantitative estimate of drug-likeness (QED) is 0.598. The molecule has 1 aromatic heterocycles. The van der Waals surface area contributed by atoms with Gasteiger partial charge in [0.25, 0.3) is 0 Å². The summed E-state index contributed by atoms with van der Waals surface area (Å²) >= 11 is 3.46. The number of hydrogen-bond donors (Lipinski definition) is 0. The van der Waals surface area contributed by atoms with Gasteiger partial charge in [0.1, 0.15) is 12.4 Å². The highest BCUT2D eigenvalue weighted by Crippen LogP contribution is 2.45. The van der Waals surface area contributed by atoms with Gasteiger partial charge in [-0.2, -0.15) is 8.42 Å². The molecule has 0 fully saturated rings. The van der Waals surface area contributed by atoms with Gasteiger partial charge < -0.3 is 8.92 Å². The Morgan fingerprint density at radius 2 is 1.96 bits per heavy atom. The third kappa shape index (κ3) is 3.01. The van der Waals surface area contributed by atoms with E-state index < -0.39 is 10.1 Å². The zero-order valence-corrected chi connectivity index (χ0v) is 15.2. The van der Waals surface area contributed by atoms with E-state index in [1.54, 1.807) is 30.3 Å². The summed E-state index contributed by atoms with van der Waals surface area (Å²) in [6.45, 7) is 0.423. The molecule has 126 valence electrons. The van der Waals surface area contributed by atoms with Crippen LogP contribution in [-0.2, 0) is 16.7 Å². The van der Waals surface area contributed by atoms with Gasteiger partial charge in [0.05, 0.1) is 5.56 Å². The molecule has 5 nitrogen and oxygen atoms in total. The lowest BCUT2D eigenvalue weighted by molar-refractivity contribution is 0.301. The van der Waals surface area contributed by atoms with Crippen LogP contribution >= 0.6 is 15.9 Å². The number of hydrogen-bond acceptors (Lipinski definition) is 5. The Balaban J connectivity index is 1.84. The number of rotatable bonds is 3. The highest BCUT2D eigenvalue weighted by atomic mass is 79.9. The summed E-state index contributed by atoms with van der Waals surface area (Å²) < 4.78 is 37.1. The van der Waals surface area contributed by atoms with Crippen molar-refractivity contribution in [3.8, 4) is 22.6 Å². The largest absolute Gasteiger partial charge is 0.488 e. The van der Waals surface area contributed by atoms with E-state index in [-0.39, 0.29) is 10.8 Å². The van der Waals surface area contributed by atoms with Crippen molar-refractivity contribution in [3.05, 3.63) is 70.8 Å². The topological polar surface area (TPSA) is 65.5 Å². The molecule has 3 aromatic rings. The van der Waals surface area contributed by atoms with E-state index in [0.29, 0.717) is 17.9 Å². The lowest BCUT2D eigenvalue weighted by Gasteiger charge is -2.23. The van der Waals surface area contributed by atoms with Gasteiger partial charge in [-0.1, -0.05) is 34.1 Å². The summed E-state index contributed by atoms with van der Waals surface area (Å²) in [4.78, 5) is 3.87. The molecular weight excluding hydrogens is 406 g/mol. The van der Waals surface area contributed by atoms with Crippen LogP contribution in [-0.4, -0.2) is 13.4 Å². The highest BCUT2D eigenvalue weighted by molar-refractivity contribution is 9.10. The van der Waals surface area contributed by atoms with Gasteiger partial charge in [0.2, 0.25) is 0 Å². The third-order valence-corrected chi connectivity index (χ3v) is 5.45. The Morgan fingerprint density at radius 3 is 2.76 bits per heavy atom. The van der Waals surface area contributed by atoms with Crippen molar-refractivity contribution < 1.29 is 17.3 Å². The number of fused-ring (bicyclic) bond motifs is 3. The van der Waals surface area contributed by atoms with Gasteiger partial charge in [-0.05, 0) is 47.5 Å². The summed E-state index contributed by atoms with van der Waals surface area (Å²) in [6.07, 6.45) is 1.41. The van der Waals surface area contributed by atoms with Crippen LogP contribution in [0.2, 0.25) is 0 Å². The van der Waals surface area contributed by atoms with E-state index in [9.17, 15) is 8.42 Å². The predicted octanol–water partition coefficient (Wildman–Crippen LogP) is 4.17. The zero-order valence-electron chi connectivity index (χ0n) is 12.8. The molecular formula is C18H12BrNO4S. The van der Waals surface area contributed by atoms with Crippen LogP contribution < -0.4 is 8.92 Å². The summed E-state index contributed by atoms with van der Waals surface area (Å²) in [5.41, 5.74) is 2.45. The Morgan fingerprint density at radius 1 is 1.08 bits per heavy atom. The number of ether oxygens (including phenoxy) is 1. The fourth-order valence-corrected chi connectivity index (χ4v) is 3.94. The van der Waals surface area contributed by atoms with E-state index in [4.69, 9.17) is 8.92 Å². The second kappa shape index (κ2) is 6.16. The van der Waals surface area contributed by atoms with E-state index in [0.717, 1.165) is 15.6 Å². The molecule has 2 aromatic carbocycles. The minimum absolute atomic E-state index is 0.140. The van der Waals surface area contributed by atoms with Gasteiger partial charge in [-0.25, -0.2) is 4.98 Å². The Hall–Kier alpha value is -2.38. The van der Waals surface area contributed by atoms with Crippen LogP contribution in [0, 0.1) is 0 Å². The van der Waals surface area contributed by atoms with Crippen LogP contribution in [0.5, 0.6) is 11.5 Å². The van der Waals surface area contributed by atoms with Crippen LogP contribution in [0.15, 0.2) is 70.3 Å². The molecule has 4 rings (SSSR count). The highest BCUT2D eigenvalue weighted by Gasteiger charge is 2.26. The lowest BCUT2D eigenvalue weighted by Crippen LogP contribution is -2.13. The van der Waals surface area contributed by atoms with Crippen molar-refractivity contribution in [1.29, 1.82) is 0 Å². The third-order valence-electron chi connectivity index (χ3n) is 3.81. The SMILES string of the molecule is O=S(=O)(Oc1cccc2c1-c1cc(Br)ccc1CO2)c1ccccn1. The summed E-state index contributed by atoms with van der Waals surface area (Å²) in [5.74, 6) is 0.793. The molecule has 7 heteroatoms. The number of halogens is 1. The molecule has 0 spiro atoms. The smallest absolute Gasteiger partial charge is 0.356 e. The standard InChI is InChI=1S/C18H12BrNO4S/c19-13-8-7-12-11-23-15-4-3-5-16(18(15)14(12)10-13)24-25(21,22)17-6-1-2-9-20-17/h1-10H,11H2. The first-order valence-corrected chi connectivity index (χ1v) is 9.65. The molecule has 2 heterocycles. The lowest BCUT2D eigenvalue weighted by atomic mass is 9.96. The van der Waals surface area contributed by atoms with Crippen LogP contribution in [0.4, 0.5) is 0 Å². The predicted molar refractivity (Wildman–Crippen MR) is 96.0 cm³/mol. The zero-order chi connectivity index (χ0) is 17.4. The molecule has 0 saturated carbocycles. The van der Waals surface area contributed by atoms with E-state index >= 15 is 0 Å². The Bertz CT molecular complexity index is 1050. The number of benzene rings is 2. The molecule has 0 bridgehead atoms. The molecule has 0 N–H and O–H groups in total. The Labute approximate surface area is 153 Å². The van der Waals surface area contributed by atoms with Gasteiger partial charge in [-0.3, -0.25) is 0 Å². The molecule has 0 amide bonds. The molecule has 1 aliphatic heterocycles. The maximum Gasteiger partial charge on any atom is 0.356 e. The number of aromatic nitrogens is 1. The van der Waals surface area contributed by atoms with Crippen LogP contribution in [0.1, 0.15) is 5.56 Å².